The molecule has 116 valence electrons. The zero-order valence-corrected chi connectivity index (χ0v) is 12.8. The van der Waals surface area contributed by atoms with Crippen molar-refractivity contribution in [2.75, 3.05) is 0 Å². The van der Waals surface area contributed by atoms with Crippen molar-refractivity contribution < 1.29 is 40.9 Å². The van der Waals surface area contributed by atoms with Crippen molar-refractivity contribution in [1.29, 1.82) is 5.41 Å². The number of aliphatic carboxylic acids is 2. The summed E-state index contributed by atoms with van der Waals surface area (Å²) in [6.45, 7) is 1.84. The van der Waals surface area contributed by atoms with Crippen LogP contribution < -0.4 is 16.8 Å². The number of nitrogens with two attached hydrogens (primary N) is 2. The van der Waals surface area contributed by atoms with Crippen LogP contribution in [-0.2, 0) is 30.7 Å². The summed E-state index contributed by atoms with van der Waals surface area (Å²) in [6.07, 6.45) is 1.93. The van der Waals surface area contributed by atoms with E-state index in [1.165, 1.54) is 0 Å². The van der Waals surface area contributed by atoms with E-state index in [0.29, 0.717) is 19.3 Å². The molecule has 0 spiro atoms. The van der Waals surface area contributed by atoms with Crippen LogP contribution in [-0.4, -0.2) is 38.4 Å². The van der Waals surface area contributed by atoms with Crippen molar-refractivity contribution in [3.8, 4) is 0 Å². The van der Waals surface area contributed by atoms with Crippen LogP contribution in [0.1, 0.15) is 32.6 Å². The van der Waals surface area contributed by atoms with Crippen molar-refractivity contribution in [3.05, 3.63) is 0 Å². The molecule has 2 atom stereocenters. The molecule has 8 N–H and O–H groups in total. The van der Waals surface area contributed by atoms with Crippen LogP contribution in [0.2, 0.25) is 0 Å². The van der Waals surface area contributed by atoms with Gasteiger partial charge in [0.15, 0.2) is 0 Å². The third kappa shape index (κ3) is 16.9. The number of guanidine groups is 1. The molecule has 0 aromatic rings. The second kappa shape index (κ2) is 12.0. The van der Waals surface area contributed by atoms with Crippen LogP contribution >= 0.6 is 0 Å². The van der Waals surface area contributed by atoms with E-state index in [1.807, 2.05) is 6.92 Å². The molecule has 0 aliphatic carbocycles. The van der Waals surface area contributed by atoms with E-state index in [4.69, 9.17) is 27.1 Å². The van der Waals surface area contributed by atoms with Crippen LogP contribution in [0.15, 0.2) is 0 Å². The first-order valence-electron chi connectivity index (χ1n) is 5.61. The fourth-order valence-corrected chi connectivity index (χ4v) is 1.58. The molecular formula is C10H21AuN4O4. The molecule has 0 aliphatic heterocycles. The van der Waals surface area contributed by atoms with Crippen LogP contribution in [0.25, 0.3) is 0 Å². The van der Waals surface area contributed by atoms with Gasteiger partial charge in [-0.05, 0) is 6.42 Å². The average Bonchev–Trinajstić information content (AvgIpc) is 2.25. The van der Waals surface area contributed by atoms with Gasteiger partial charge in [0.1, 0.15) is 0 Å². The summed E-state index contributed by atoms with van der Waals surface area (Å²) in [5, 5.41) is 25.9. The number of hydrogen-bond donors (Lipinski definition) is 6. The Morgan fingerprint density at radius 1 is 1.37 bits per heavy atom. The molecule has 9 heteroatoms. The molecule has 0 fully saturated rings. The van der Waals surface area contributed by atoms with Crippen LogP contribution in [0.5, 0.6) is 0 Å². The summed E-state index contributed by atoms with van der Waals surface area (Å²) < 4.78 is -0.0806. The molecule has 0 radical (unpaired) electrons. The second-order valence-corrected chi connectivity index (χ2v) is 5.15. The molecule has 0 bridgehead atoms. The van der Waals surface area contributed by atoms with Gasteiger partial charge in [-0.2, -0.15) is 0 Å². The van der Waals surface area contributed by atoms with E-state index in [9.17, 15) is 9.59 Å². The second-order valence-electron chi connectivity index (χ2n) is 3.64. The summed E-state index contributed by atoms with van der Waals surface area (Å²) in [5.74, 6) is -1.85. The first-order valence-corrected chi connectivity index (χ1v) is 6.86. The summed E-state index contributed by atoms with van der Waals surface area (Å²) >= 11 is 2.22. The van der Waals surface area contributed by atoms with Crippen molar-refractivity contribution in [2.24, 2.45) is 11.5 Å². The van der Waals surface area contributed by atoms with E-state index in [1.54, 1.807) is 0 Å². The molecule has 0 rings (SSSR count). The van der Waals surface area contributed by atoms with Crippen molar-refractivity contribution in [2.45, 2.75) is 42.9 Å². The van der Waals surface area contributed by atoms with Gasteiger partial charge in [0.25, 0.3) is 0 Å². The molecule has 0 saturated heterocycles. The quantitative estimate of drug-likeness (QED) is 0.169. The van der Waals surface area contributed by atoms with Gasteiger partial charge < -0.3 is 5.11 Å². The zero-order chi connectivity index (χ0) is 15.4. The fraction of sp³-hybridized carbons (Fsp3) is 0.700. The predicted molar refractivity (Wildman–Crippen MR) is 66.2 cm³/mol. The van der Waals surface area contributed by atoms with E-state index in [-0.39, 0.29) is 10.2 Å². The maximum atomic E-state index is 10.3. The summed E-state index contributed by atoms with van der Waals surface area (Å²) in [7, 11) is 0. The Hall–Kier alpha value is -1.09. The van der Waals surface area contributed by atoms with E-state index in [0.717, 1.165) is 6.42 Å². The molecule has 0 saturated carbocycles. The SMILES string of the molecule is CCCC(=O)O.N=C(N)N[CH]([Au])CC[C@H](N)C(=O)O. The Labute approximate surface area is 124 Å². The molecular weight excluding hydrogens is 437 g/mol. The Morgan fingerprint density at radius 3 is 2.16 bits per heavy atom. The van der Waals surface area contributed by atoms with Crippen LogP contribution in [0.4, 0.5) is 0 Å². The Morgan fingerprint density at radius 2 is 1.89 bits per heavy atom. The number of hydrogen-bond acceptors (Lipinski definition) is 4. The number of carbonyl (C=O) groups is 2. The topological polar surface area (TPSA) is 163 Å². The van der Waals surface area contributed by atoms with Crippen molar-refractivity contribution in [3.63, 3.8) is 0 Å². The molecule has 0 heterocycles. The minimum absolute atomic E-state index is 0.0806. The normalized spacial score (nSPS) is 12.6. The first kappa shape index (κ1) is 20.2. The summed E-state index contributed by atoms with van der Waals surface area (Å²) in [6, 6.07) is -0.846. The monoisotopic (exact) mass is 458 g/mol. The van der Waals surface area contributed by atoms with Gasteiger partial charge in [-0.15, -0.1) is 0 Å². The molecule has 0 amide bonds. The summed E-state index contributed by atoms with van der Waals surface area (Å²) in [4.78, 5) is 19.9. The van der Waals surface area contributed by atoms with E-state index >= 15 is 0 Å². The van der Waals surface area contributed by atoms with Gasteiger partial charge >= 0.3 is 94.2 Å². The van der Waals surface area contributed by atoms with E-state index in [2.05, 4.69) is 26.4 Å². The van der Waals surface area contributed by atoms with Crippen molar-refractivity contribution in [1.82, 2.24) is 5.32 Å². The Balaban J connectivity index is 0. The minimum atomic E-state index is -1.01. The molecule has 1 unspecified atom stereocenters. The van der Waals surface area contributed by atoms with Crippen LogP contribution in [0.3, 0.4) is 0 Å². The Bertz CT molecular complexity index is 301. The fourth-order valence-electron chi connectivity index (χ4n) is 0.879. The van der Waals surface area contributed by atoms with Gasteiger partial charge in [-0.25, -0.2) is 0 Å². The molecule has 8 nitrogen and oxygen atoms in total. The molecule has 0 aromatic heterocycles. The van der Waals surface area contributed by atoms with Crippen LogP contribution in [0, 0.1) is 5.41 Å². The van der Waals surface area contributed by atoms with E-state index < -0.39 is 18.0 Å². The van der Waals surface area contributed by atoms with Gasteiger partial charge in [0.2, 0.25) is 0 Å². The first-order chi connectivity index (χ1) is 8.70. The number of carboxylic acid groups (broad SMARTS) is 2. The maximum absolute atomic E-state index is 10.3. The summed E-state index contributed by atoms with van der Waals surface area (Å²) in [5.41, 5.74) is 10.4. The third-order valence-electron chi connectivity index (χ3n) is 1.79. The van der Waals surface area contributed by atoms with Gasteiger partial charge in [0, 0.05) is 6.42 Å². The Kier molecular flexibility index (Phi) is 12.7. The van der Waals surface area contributed by atoms with Crippen molar-refractivity contribution >= 4 is 17.9 Å². The number of carboxylic acids is 2. The van der Waals surface area contributed by atoms with Gasteiger partial charge in [0.05, 0.1) is 0 Å². The standard InChI is InChI=1S/C6H13N4O2.C4H8O2.Au/c7-4(5(11)12)2-1-3-10-6(8)9;1-2-3-4(5)6;/h3-4H,1-2,7H2,(H,11,12)(H4,8,9,10);2-3H2,1H3,(H,5,6);/t4-;;/m0../s1. The van der Waals surface area contributed by atoms with Gasteiger partial charge in [-0.1, -0.05) is 6.92 Å². The molecule has 19 heavy (non-hydrogen) atoms. The molecule has 0 aromatic carbocycles. The average molecular weight is 458 g/mol. The third-order valence-corrected chi connectivity index (χ3v) is 2.73. The predicted octanol–water partition coefficient (Wildman–Crippen LogP) is -0.594. The zero-order valence-electron chi connectivity index (χ0n) is 10.7. The molecule has 0 aliphatic rings. The number of nitrogens with one attached hydrogen (secondary N) is 2. The van der Waals surface area contributed by atoms with Gasteiger partial charge in [-0.3, -0.25) is 4.79 Å². The number of rotatable bonds is 7.